The fraction of sp³-hybridized carbons (Fsp3) is 0.262. The number of rotatable bonds is 15. The zero-order valence-electron chi connectivity index (χ0n) is 27.5. The average molecular weight is 677 g/mol. The molecule has 5 unspecified atom stereocenters. The van der Waals surface area contributed by atoms with Crippen molar-refractivity contribution < 1.29 is 28.5 Å². The van der Waals surface area contributed by atoms with Crippen LogP contribution < -0.4 is 4.74 Å². The van der Waals surface area contributed by atoms with E-state index in [4.69, 9.17) is 35.3 Å². The van der Waals surface area contributed by atoms with E-state index in [1.807, 2.05) is 140 Å². The summed E-state index contributed by atoms with van der Waals surface area (Å²) in [5.74, 6) is 0.825. The average Bonchev–Trinajstić information content (AvgIpc) is 3.15. The second-order valence-electron chi connectivity index (χ2n) is 12.0. The highest BCUT2D eigenvalue weighted by Gasteiger charge is 2.49. The van der Waals surface area contributed by atoms with Crippen molar-refractivity contribution >= 4 is 17.9 Å². The van der Waals surface area contributed by atoms with Crippen LogP contribution in [0.4, 0.5) is 0 Å². The molecule has 49 heavy (non-hydrogen) atoms. The van der Waals surface area contributed by atoms with E-state index in [0.29, 0.717) is 31.3 Å². The standard InChI is InChI=1S/C42H41ClO6/c1-2-45-36-21-18-30(19-22-36)24-35-25-34(20-23-37(35)43)39-41(47-28-32-14-8-4-9-15-32)42(48-29-33-16-10-5-11-17-33)40(38(26-44)49-39)46-27-31-12-6-3-7-13-31/h3-23,25-26,38-42H,2,24,27-29H2,1H3. The number of carbonyl (C=O) groups excluding carboxylic acids is 1. The van der Waals surface area contributed by atoms with Gasteiger partial charge < -0.3 is 28.5 Å². The third-order valence-corrected chi connectivity index (χ3v) is 8.96. The molecule has 6 nitrogen and oxygen atoms in total. The van der Waals surface area contributed by atoms with Gasteiger partial charge in [-0.3, -0.25) is 0 Å². The molecule has 7 heteroatoms. The molecule has 5 atom stereocenters. The summed E-state index contributed by atoms with van der Waals surface area (Å²) in [5, 5.41) is 0.642. The quantitative estimate of drug-likeness (QED) is 0.103. The van der Waals surface area contributed by atoms with Gasteiger partial charge in [0.05, 0.1) is 26.4 Å². The van der Waals surface area contributed by atoms with Crippen LogP contribution in [-0.2, 0) is 50.0 Å². The van der Waals surface area contributed by atoms with Crippen molar-refractivity contribution in [2.24, 2.45) is 0 Å². The Hall–Kier alpha value is -4.30. The third kappa shape index (κ3) is 9.24. The van der Waals surface area contributed by atoms with Gasteiger partial charge in [0.15, 0.2) is 6.29 Å². The van der Waals surface area contributed by atoms with Crippen molar-refractivity contribution in [3.05, 3.63) is 172 Å². The van der Waals surface area contributed by atoms with Crippen molar-refractivity contribution in [3.8, 4) is 5.75 Å². The lowest BCUT2D eigenvalue weighted by atomic mass is 9.89. The summed E-state index contributed by atoms with van der Waals surface area (Å²) in [6, 6.07) is 43.7. The second-order valence-corrected chi connectivity index (χ2v) is 12.5. The number of ether oxygens (including phenoxy) is 5. The van der Waals surface area contributed by atoms with Gasteiger partial charge in [-0.1, -0.05) is 127 Å². The predicted molar refractivity (Wildman–Crippen MR) is 191 cm³/mol. The van der Waals surface area contributed by atoms with E-state index in [-0.39, 0.29) is 6.61 Å². The van der Waals surface area contributed by atoms with Gasteiger partial charge in [0, 0.05) is 5.02 Å². The molecule has 0 radical (unpaired) electrons. The first-order valence-electron chi connectivity index (χ1n) is 16.7. The van der Waals surface area contributed by atoms with Crippen LogP contribution >= 0.6 is 11.6 Å². The summed E-state index contributed by atoms with van der Waals surface area (Å²) in [7, 11) is 0. The lowest BCUT2D eigenvalue weighted by Crippen LogP contribution is -2.57. The minimum Gasteiger partial charge on any atom is -0.494 e. The van der Waals surface area contributed by atoms with E-state index in [0.717, 1.165) is 45.4 Å². The Bertz CT molecular complexity index is 1730. The van der Waals surface area contributed by atoms with Gasteiger partial charge in [-0.05, 0) is 64.9 Å². The topological polar surface area (TPSA) is 63.2 Å². The molecule has 5 aromatic carbocycles. The summed E-state index contributed by atoms with van der Waals surface area (Å²) < 4.78 is 32.2. The lowest BCUT2D eigenvalue weighted by molar-refractivity contribution is -0.259. The van der Waals surface area contributed by atoms with Crippen molar-refractivity contribution in [1.82, 2.24) is 0 Å². The van der Waals surface area contributed by atoms with Gasteiger partial charge in [0.2, 0.25) is 0 Å². The zero-order chi connectivity index (χ0) is 33.8. The third-order valence-electron chi connectivity index (χ3n) is 8.59. The Balaban J connectivity index is 1.34. The normalized spacial score (nSPS) is 20.5. The molecule has 1 heterocycles. The molecule has 0 bridgehead atoms. The van der Waals surface area contributed by atoms with E-state index in [9.17, 15) is 4.79 Å². The van der Waals surface area contributed by atoms with E-state index in [2.05, 4.69) is 0 Å². The van der Waals surface area contributed by atoms with Crippen LogP contribution in [0.2, 0.25) is 5.02 Å². The molecule has 252 valence electrons. The summed E-state index contributed by atoms with van der Waals surface area (Å²) in [4.78, 5) is 12.8. The molecule has 0 aromatic heterocycles. The highest BCUT2D eigenvalue weighted by molar-refractivity contribution is 6.31. The van der Waals surface area contributed by atoms with Crippen LogP contribution in [0.1, 0.15) is 46.4 Å². The van der Waals surface area contributed by atoms with Crippen LogP contribution in [0.3, 0.4) is 0 Å². The number of benzene rings is 5. The van der Waals surface area contributed by atoms with Gasteiger partial charge in [-0.25, -0.2) is 0 Å². The molecule has 6 rings (SSSR count). The van der Waals surface area contributed by atoms with Crippen LogP contribution in [0.5, 0.6) is 5.75 Å². The first-order chi connectivity index (χ1) is 24.1. The molecule has 1 fully saturated rings. The minimum atomic E-state index is -0.906. The second kappa shape index (κ2) is 17.4. The van der Waals surface area contributed by atoms with Gasteiger partial charge in [0.1, 0.15) is 36.3 Å². The number of aldehydes is 1. The van der Waals surface area contributed by atoms with Gasteiger partial charge in [0.25, 0.3) is 0 Å². The summed E-state index contributed by atoms with van der Waals surface area (Å²) in [6.45, 7) is 3.49. The molecular formula is C42H41ClO6. The Labute approximate surface area is 293 Å². The van der Waals surface area contributed by atoms with Gasteiger partial charge >= 0.3 is 0 Å². The zero-order valence-corrected chi connectivity index (χ0v) is 28.3. The fourth-order valence-electron chi connectivity index (χ4n) is 6.11. The summed E-state index contributed by atoms with van der Waals surface area (Å²) in [5.41, 5.74) is 5.85. The highest BCUT2D eigenvalue weighted by Crippen LogP contribution is 2.39. The Morgan fingerprint density at radius 3 is 1.69 bits per heavy atom. The predicted octanol–water partition coefficient (Wildman–Crippen LogP) is 8.72. The minimum absolute atomic E-state index is 0.285. The van der Waals surface area contributed by atoms with Crippen molar-refractivity contribution in [1.29, 1.82) is 0 Å². The number of hydrogen-bond acceptors (Lipinski definition) is 6. The van der Waals surface area contributed by atoms with Crippen LogP contribution in [0.15, 0.2) is 133 Å². The molecule has 1 saturated heterocycles. The number of hydrogen-bond donors (Lipinski definition) is 0. The van der Waals surface area contributed by atoms with Crippen molar-refractivity contribution in [2.45, 2.75) is 63.7 Å². The van der Waals surface area contributed by atoms with Gasteiger partial charge in [-0.2, -0.15) is 0 Å². The first kappa shape index (κ1) is 34.6. The summed E-state index contributed by atoms with van der Waals surface area (Å²) >= 11 is 6.77. The first-order valence-corrected chi connectivity index (χ1v) is 17.1. The van der Waals surface area contributed by atoms with E-state index < -0.39 is 30.5 Å². The maximum atomic E-state index is 12.8. The number of halogens is 1. The van der Waals surface area contributed by atoms with Crippen LogP contribution in [0, 0.1) is 0 Å². The highest BCUT2D eigenvalue weighted by atomic mass is 35.5. The van der Waals surface area contributed by atoms with Crippen molar-refractivity contribution in [2.75, 3.05) is 6.61 Å². The van der Waals surface area contributed by atoms with Crippen molar-refractivity contribution in [3.63, 3.8) is 0 Å². The van der Waals surface area contributed by atoms with E-state index >= 15 is 0 Å². The maximum Gasteiger partial charge on any atom is 0.151 e. The smallest absolute Gasteiger partial charge is 0.151 e. The molecule has 1 aliphatic rings. The molecule has 5 aromatic rings. The van der Waals surface area contributed by atoms with E-state index in [1.54, 1.807) is 0 Å². The SMILES string of the molecule is CCOc1ccc(Cc2cc(C3OC(C=O)C(OCc4ccccc4)C(OCc4ccccc4)C3OCc3ccccc3)ccc2Cl)cc1. The molecular weight excluding hydrogens is 636 g/mol. The van der Waals surface area contributed by atoms with Gasteiger partial charge in [-0.15, -0.1) is 0 Å². The molecule has 1 aliphatic heterocycles. The van der Waals surface area contributed by atoms with E-state index in [1.165, 1.54) is 0 Å². The largest absolute Gasteiger partial charge is 0.494 e. The molecule has 0 saturated carbocycles. The maximum absolute atomic E-state index is 12.8. The monoisotopic (exact) mass is 676 g/mol. The van der Waals surface area contributed by atoms with Crippen LogP contribution in [-0.4, -0.2) is 37.3 Å². The molecule has 0 amide bonds. The molecule has 0 spiro atoms. The Kier molecular flexibility index (Phi) is 12.3. The van der Waals surface area contributed by atoms with Crippen LogP contribution in [0.25, 0.3) is 0 Å². The summed E-state index contributed by atoms with van der Waals surface area (Å²) in [6.07, 6.45) is -2.13. The number of carbonyl (C=O) groups is 1. The Morgan fingerprint density at radius 1 is 0.633 bits per heavy atom. The Morgan fingerprint density at radius 2 is 1.16 bits per heavy atom. The lowest BCUT2D eigenvalue weighted by Gasteiger charge is -2.45. The molecule has 0 aliphatic carbocycles. The fourth-order valence-corrected chi connectivity index (χ4v) is 6.29. The molecule has 0 N–H and O–H groups in total.